The summed E-state index contributed by atoms with van der Waals surface area (Å²) in [6.45, 7) is 3.71. The minimum absolute atomic E-state index is 0.0904. The molecule has 1 N–H and O–H groups in total. The van der Waals surface area contributed by atoms with Crippen molar-refractivity contribution in [2.45, 2.75) is 25.9 Å². The molecule has 1 atom stereocenters. The fourth-order valence-electron chi connectivity index (χ4n) is 2.63. The fraction of sp³-hybridized carbons (Fsp3) is 0.500. The number of amides is 2. The Kier molecular flexibility index (Phi) is 4.96. The second-order valence-corrected chi connectivity index (χ2v) is 5.75. The molecule has 0 spiro atoms. The Balaban J connectivity index is 1.86. The minimum Gasteiger partial charge on any atom is -0.347 e. The highest BCUT2D eigenvalue weighted by Gasteiger charge is 2.21. The monoisotopic (exact) mass is 289 g/mol. The largest absolute Gasteiger partial charge is 0.347 e. The quantitative estimate of drug-likeness (QED) is 0.885. The van der Waals surface area contributed by atoms with Crippen molar-refractivity contribution in [1.82, 2.24) is 15.1 Å². The Hall–Kier alpha value is -1.88. The number of fused-ring (bicyclic) bond motifs is 1. The minimum atomic E-state index is -0.482. The summed E-state index contributed by atoms with van der Waals surface area (Å²) in [6, 6.07) is 7.85. The van der Waals surface area contributed by atoms with E-state index in [2.05, 4.69) is 28.4 Å². The number of hydrogen-bond donors (Lipinski definition) is 1. The SMILES string of the molecule is CC(NC(=O)CN1CCc2ccccc2C1)C(=O)N(C)C. The van der Waals surface area contributed by atoms with Crippen molar-refractivity contribution in [3.05, 3.63) is 35.4 Å². The fourth-order valence-corrected chi connectivity index (χ4v) is 2.63. The van der Waals surface area contributed by atoms with Crippen LogP contribution in [0.1, 0.15) is 18.1 Å². The zero-order valence-corrected chi connectivity index (χ0v) is 12.9. The van der Waals surface area contributed by atoms with E-state index in [1.807, 2.05) is 6.07 Å². The van der Waals surface area contributed by atoms with E-state index in [0.29, 0.717) is 6.54 Å². The molecular weight excluding hydrogens is 266 g/mol. The third-order valence-electron chi connectivity index (χ3n) is 3.77. The van der Waals surface area contributed by atoms with Crippen molar-refractivity contribution in [2.75, 3.05) is 27.2 Å². The maximum atomic E-state index is 12.0. The molecule has 1 aliphatic heterocycles. The maximum Gasteiger partial charge on any atom is 0.244 e. The number of rotatable bonds is 4. The van der Waals surface area contributed by atoms with Crippen LogP contribution in [0.25, 0.3) is 0 Å². The zero-order valence-electron chi connectivity index (χ0n) is 12.9. The lowest BCUT2D eigenvalue weighted by molar-refractivity contribution is -0.134. The van der Waals surface area contributed by atoms with E-state index in [4.69, 9.17) is 0 Å². The number of carbonyl (C=O) groups excluding carboxylic acids is 2. The molecule has 0 aliphatic carbocycles. The summed E-state index contributed by atoms with van der Waals surface area (Å²) in [4.78, 5) is 27.4. The van der Waals surface area contributed by atoms with Gasteiger partial charge >= 0.3 is 0 Å². The summed E-state index contributed by atoms with van der Waals surface area (Å²) in [5, 5.41) is 2.76. The van der Waals surface area contributed by atoms with Gasteiger partial charge < -0.3 is 10.2 Å². The van der Waals surface area contributed by atoms with Crippen LogP contribution in [0.15, 0.2) is 24.3 Å². The van der Waals surface area contributed by atoms with Gasteiger partial charge in [0.1, 0.15) is 6.04 Å². The molecule has 1 heterocycles. The molecule has 5 heteroatoms. The first-order chi connectivity index (χ1) is 9.97. The molecule has 0 radical (unpaired) electrons. The van der Waals surface area contributed by atoms with Gasteiger partial charge in [-0.3, -0.25) is 14.5 Å². The number of nitrogens with one attached hydrogen (secondary N) is 1. The van der Waals surface area contributed by atoms with Crippen LogP contribution in [-0.4, -0.2) is 54.8 Å². The van der Waals surface area contributed by atoms with E-state index in [9.17, 15) is 9.59 Å². The molecule has 1 aliphatic rings. The van der Waals surface area contributed by atoms with Crippen molar-refractivity contribution in [3.8, 4) is 0 Å². The van der Waals surface area contributed by atoms with Gasteiger partial charge in [0.2, 0.25) is 11.8 Å². The van der Waals surface area contributed by atoms with Crippen LogP contribution in [-0.2, 0) is 22.6 Å². The van der Waals surface area contributed by atoms with Crippen LogP contribution < -0.4 is 5.32 Å². The Morgan fingerprint density at radius 2 is 1.95 bits per heavy atom. The van der Waals surface area contributed by atoms with Crippen LogP contribution >= 0.6 is 0 Å². The molecule has 0 saturated carbocycles. The molecule has 1 aromatic carbocycles. The van der Waals surface area contributed by atoms with Crippen LogP contribution in [0.4, 0.5) is 0 Å². The van der Waals surface area contributed by atoms with Crippen molar-refractivity contribution < 1.29 is 9.59 Å². The molecule has 0 fully saturated rings. The summed E-state index contributed by atoms with van der Waals surface area (Å²) in [7, 11) is 3.37. The van der Waals surface area contributed by atoms with Crippen molar-refractivity contribution in [3.63, 3.8) is 0 Å². The van der Waals surface area contributed by atoms with Gasteiger partial charge in [0.25, 0.3) is 0 Å². The van der Waals surface area contributed by atoms with E-state index in [-0.39, 0.29) is 11.8 Å². The Morgan fingerprint density at radius 3 is 2.62 bits per heavy atom. The van der Waals surface area contributed by atoms with Gasteiger partial charge in [0.05, 0.1) is 6.54 Å². The highest BCUT2D eigenvalue weighted by molar-refractivity contribution is 5.87. The molecule has 1 unspecified atom stereocenters. The average molecular weight is 289 g/mol. The second kappa shape index (κ2) is 6.72. The van der Waals surface area contributed by atoms with Crippen LogP contribution in [0.3, 0.4) is 0 Å². The van der Waals surface area contributed by atoms with Crippen molar-refractivity contribution in [2.24, 2.45) is 0 Å². The smallest absolute Gasteiger partial charge is 0.244 e. The van der Waals surface area contributed by atoms with Gasteiger partial charge in [0, 0.05) is 27.2 Å². The van der Waals surface area contributed by atoms with Gasteiger partial charge in [-0.25, -0.2) is 0 Å². The first-order valence-corrected chi connectivity index (χ1v) is 7.27. The third-order valence-corrected chi connectivity index (χ3v) is 3.77. The Bertz CT molecular complexity index is 528. The molecule has 21 heavy (non-hydrogen) atoms. The standard InChI is InChI=1S/C16H23N3O2/c1-12(16(21)18(2)3)17-15(20)11-19-9-8-13-6-4-5-7-14(13)10-19/h4-7,12H,8-11H2,1-3H3,(H,17,20). The van der Waals surface area contributed by atoms with E-state index in [1.165, 1.54) is 16.0 Å². The third kappa shape index (κ3) is 4.04. The number of likely N-dealkylation sites (N-methyl/N-ethyl adjacent to an activating group) is 1. The van der Waals surface area contributed by atoms with E-state index in [0.717, 1.165) is 19.5 Å². The van der Waals surface area contributed by atoms with Gasteiger partial charge in [-0.2, -0.15) is 0 Å². The molecule has 0 saturated heterocycles. The van der Waals surface area contributed by atoms with Gasteiger partial charge in [-0.1, -0.05) is 24.3 Å². The van der Waals surface area contributed by atoms with E-state index in [1.54, 1.807) is 21.0 Å². The predicted octanol–water partition coefficient (Wildman–Crippen LogP) is 0.638. The number of carbonyl (C=O) groups is 2. The van der Waals surface area contributed by atoms with Crippen LogP contribution in [0.2, 0.25) is 0 Å². The van der Waals surface area contributed by atoms with Crippen LogP contribution in [0.5, 0.6) is 0 Å². The molecule has 114 valence electrons. The first-order valence-electron chi connectivity index (χ1n) is 7.27. The number of nitrogens with zero attached hydrogens (tertiary/aromatic N) is 2. The summed E-state index contributed by atoms with van der Waals surface area (Å²) < 4.78 is 0. The van der Waals surface area contributed by atoms with Crippen molar-refractivity contribution >= 4 is 11.8 Å². The topological polar surface area (TPSA) is 52.7 Å². The molecule has 5 nitrogen and oxygen atoms in total. The lowest BCUT2D eigenvalue weighted by Gasteiger charge is -2.28. The van der Waals surface area contributed by atoms with Gasteiger partial charge in [-0.15, -0.1) is 0 Å². The zero-order chi connectivity index (χ0) is 15.4. The maximum absolute atomic E-state index is 12.0. The lowest BCUT2D eigenvalue weighted by atomic mass is 10.00. The number of benzene rings is 1. The summed E-state index contributed by atoms with van der Waals surface area (Å²) in [5.74, 6) is -0.190. The van der Waals surface area contributed by atoms with Crippen LogP contribution in [0, 0.1) is 0 Å². The molecule has 2 amide bonds. The molecular formula is C16H23N3O2. The van der Waals surface area contributed by atoms with Gasteiger partial charge in [-0.05, 0) is 24.5 Å². The molecule has 0 bridgehead atoms. The summed E-state index contributed by atoms with van der Waals surface area (Å²) in [5.41, 5.74) is 2.65. The van der Waals surface area contributed by atoms with E-state index >= 15 is 0 Å². The average Bonchev–Trinajstić information content (AvgIpc) is 2.45. The predicted molar refractivity (Wildman–Crippen MR) is 81.7 cm³/mol. The Labute approximate surface area is 125 Å². The highest BCUT2D eigenvalue weighted by Crippen LogP contribution is 2.17. The summed E-state index contributed by atoms with van der Waals surface area (Å²) in [6.07, 6.45) is 0.968. The van der Waals surface area contributed by atoms with Gasteiger partial charge in [0.15, 0.2) is 0 Å². The second-order valence-electron chi connectivity index (χ2n) is 5.75. The Morgan fingerprint density at radius 1 is 1.29 bits per heavy atom. The molecule has 0 aromatic heterocycles. The van der Waals surface area contributed by atoms with Crippen molar-refractivity contribution in [1.29, 1.82) is 0 Å². The molecule has 1 aromatic rings. The highest BCUT2D eigenvalue weighted by atomic mass is 16.2. The molecule has 2 rings (SSSR count). The normalized spacial score (nSPS) is 16.0. The summed E-state index contributed by atoms with van der Waals surface area (Å²) >= 11 is 0. The lowest BCUT2D eigenvalue weighted by Crippen LogP contribution is -2.48. The van der Waals surface area contributed by atoms with E-state index < -0.39 is 6.04 Å². The first kappa shape index (κ1) is 15.5. The number of hydrogen-bond acceptors (Lipinski definition) is 3.